The van der Waals surface area contributed by atoms with E-state index in [1.165, 1.54) is 30.5 Å². The molecular formula is C14H23N. The van der Waals surface area contributed by atoms with Crippen LogP contribution in [0.5, 0.6) is 0 Å². The standard InChI is InChI=1S/C14H23N/c1-5-12(6-2)9-13-7-8-14(11(3)4)15-10-13/h7-8,10-12H,5-6,9H2,1-4H3. The first-order valence-electron chi connectivity index (χ1n) is 6.12. The molecule has 0 unspecified atom stereocenters. The lowest BCUT2D eigenvalue weighted by atomic mass is 9.95. The van der Waals surface area contributed by atoms with Gasteiger partial charge in [0.2, 0.25) is 0 Å². The summed E-state index contributed by atoms with van der Waals surface area (Å²) in [5.41, 5.74) is 2.58. The van der Waals surface area contributed by atoms with Crippen LogP contribution in [0.3, 0.4) is 0 Å². The molecule has 0 aliphatic carbocycles. The zero-order valence-corrected chi connectivity index (χ0v) is 10.5. The molecule has 1 aromatic rings. The largest absolute Gasteiger partial charge is 0.261 e. The lowest BCUT2D eigenvalue weighted by Gasteiger charge is -2.12. The molecule has 0 bridgehead atoms. The number of hydrogen-bond acceptors (Lipinski definition) is 1. The van der Waals surface area contributed by atoms with Gasteiger partial charge in [0, 0.05) is 11.9 Å². The van der Waals surface area contributed by atoms with Crippen LogP contribution in [-0.4, -0.2) is 4.98 Å². The molecule has 1 heterocycles. The lowest BCUT2D eigenvalue weighted by Crippen LogP contribution is -2.02. The van der Waals surface area contributed by atoms with Crippen molar-refractivity contribution in [2.45, 2.75) is 52.9 Å². The van der Waals surface area contributed by atoms with Gasteiger partial charge in [0.15, 0.2) is 0 Å². The van der Waals surface area contributed by atoms with E-state index in [1.54, 1.807) is 0 Å². The molecule has 0 fully saturated rings. The first-order chi connectivity index (χ1) is 7.17. The molecule has 1 rings (SSSR count). The summed E-state index contributed by atoms with van der Waals surface area (Å²) in [5, 5.41) is 0. The molecule has 0 saturated carbocycles. The van der Waals surface area contributed by atoms with E-state index in [-0.39, 0.29) is 0 Å². The molecule has 84 valence electrons. The summed E-state index contributed by atoms with van der Waals surface area (Å²) in [6.45, 7) is 8.90. The van der Waals surface area contributed by atoms with Crippen molar-refractivity contribution in [2.75, 3.05) is 0 Å². The van der Waals surface area contributed by atoms with Gasteiger partial charge in [-0.3, -0.25) is 4.98 Å². The Morgan fingerprint density at radius 1 is 1.13 bits per heavy atom. The van der Waals surface area contributed by atoms with Crippen LogP contribution < -0.4 is 0 Å². The fourth-order valence-electron chi connectivity index (χ4n) is 1.81. The van der Waals surface area contributed by atoms with E-state index in [0.29, 0.717) is 5.92 Å². The third-order valence-corrected chi connectivity index (χ3v) is 3.12. The smallest absolute Gasteiger partial charge is 0.0429 e. The summed E-state index contributed by atoms with van der Waals surface area (Å²) in [6, 6.07) is 4.41. The second-order valence-corrected chi connectivity index (χ2v) is 4.63. The molecule has 1 heteroatoms. The maximum Gasteiger partial charge on any atom is 0.0429 e. The summed E-state index contributed by atoms with van der Waals surface area (Å²) < 4.78 is 0. The van der Waals surface area contributed by atoms with Crippen LogP contribution in [0.1, 0.15) is 57.7 Å². The number of aromatic nitrogens is 1. The zero-order chi connectivity index (χ0) is 11.3. The predicted molar refractivity (Wildman–Crippen MR) is 66.1 cm³/mol. The van der Waals surface area contributed by atoms with Crippen molar-refractivity contribution in [2.24, 2.45) is 5.92 Å². The topological polar surface area (TPSA) is 12.9 Å². The maximum absolute atomic E-state index is 4.50. The summed E-state index contributed by atoms with van der Waals surface area (Å²) >= 11 is 0. The molecule has 1 nitrogen and oxygen atoms in total. The molecule has 15 heavy (non-hydrogen) atoms. The van der Waals surface area contributed by atoms with Gasteiger partial charge in [0.25, 0.3) is 0 Å². The van der Waals surface area contributed by atoms with Crippen LogP contribution in [0.4, 0.5) is 0 Å². The Hall–Kier alpha value is -0.850. The van der Waals surface area contributed by atoms with Gasteiger partial charge >= 0.3 is 0 Å². The van der Waals surface area contributed by atoms with Crippen molar-refractivity contribution in [3.05, 3.63) is 29.6 Å². The highest BCUT2D eigenvalue weighted by molar-refractivity contribution is 5.16. The second kappa shape index (κ2) is 5.89. The van der Waals surface area contributed by atoms with Crippen LogP contribution in [-0.2, 0) is 6.42 Å². The van der Waals surface area contributed by atoms with E-state index < -0.39 is 0 Å². The summed E-state index contributed by atoms with van der Waals surface area (Å²) in [6.07, 6.45) is 5.76. The van der Waals surface area contributed by atoms with Crippen molar-refractivity contribution in [1.82, 2.24) is 4.98 Å². The number of rotatable bonds is 5. The van der Waals surface area contributed by atoms with Crippen LogP contribution >= 0.6 is 0 Å². The van der Waals surface area contributed by atoms with Gasteiger partial charge in [-0.2, -0.15) is 0 Å². The van der Waals surface area contributed by atoms with Gasteiger partial charge < -0.3 is 0 Å². The normalized spacial score (nSPS) is 11.3. The molecular weight excluding hydrogens is 182 g/mol. The van der Waals surface area contributed by atoms with Gasteiger partial charge in [-0.05, 0) is 29.9 Å². The first kappa shape index (κ1) is 12.2. The third-order valence-electron chi connectivity index (χ3n) is 3.12. The molecule has 0 N–H and O–H groups in total. The molecule has 0 amide bonds. The van der Waals surface area contributed by atoms with Gasteiger partial charge in [-0.25, -0.2) is 0 Å². The minimum absolute atomic E-state index is 0.534. The Morgan fingerprint density at radius 3 is 2.20 bits per heavy atom. The van der Waals surface area contributed by atoms with Gasteiger partial charge in [0.05, 0.1) is 0 Å². The lowest BCUT2D eigenvalue weighted by molar-refractivity contribution is 0.489. The highest BCUT2D eigenvalue weighted by Crippen LogP contribution is 2.17. The Bertz CT molecular complexity index is 270. The summed E-state index contributed by atoms with van der Waals surface area (Å²) in [7, 11) is 0. The molecule has 0 aromatic carbocycles. The van der Waals surface area contributed by atoms with E-state index in [9.17, 15) is 0 Å². The van der Waals surface area contributed by atoms with Gasteiger partial charge in [0.1, 0.15) is 0 Å². The number of hydrogen-bond donors (Lipinski definition) is 0. The average molecular weight is 205 g/mol. The molecule has 0 atom stereocenters. The quantitative estimate of drug-likeness (QED) is 0.702. The van der Waals surface area contributed by atoms with E-state index in [0.717, 1.165) is 5.92 Å². The van der Waals surface area contributed by atoms with Crippen molar-refractivity contribution >= 4 is 0 Å². The van der Waals surface area contributed by atoms with E-state index >= 15 is 0 Å². The van der Waals surface area contributed by atoms with Gasteiger partial charge in [-0.15, -0.1) is 0 Å². The molecule has 0 radical (unpaired) electrons. The van der Waals surface area contributed by atoms with E-state index in [4.69, 9.17) is 0 Å². The Labute approximate surface area is 93.9 Å². The number of nitrogens with zero attached hydrogens (tertiary/aromatic N) is 1. The Balaban J connectivity index is 2.63. The van der Waals surface area contributed by atoms with Crippen LogP contribution in [0.2, 0.25) is 0 Å². The molecule has 0 spiro atoms. The predicted octanol–water partition coefficient (Wildman–Crippen LogP) is 4.18. The Kier molecular flexibility index (Phi) is 4.80. The molecule has 0 aliphatic rings. The monoisotopic (exact) mass is 205 g/mol. The fourth-order valence-corrected chi connectivity index (χ4v) is 1.81. The highest BCUT2D eigenvalue weighted by atomic mass is 14.7. The third kappa shape index (κ3) is 3.65. The minimum atomic E-state index is 0.534. The van der Waals surface area contributed by atoms with Crippen molar-refractivity contribution in [3.63, 3.8) is 0 Å². The van der Waals surface area contributed by atoms with Gasteiger partial charge in [-0.1, -0.05) is 46.6 Å². The van der Waals surface area contributed by atoms with Crippen LogP contribution in [0.15, 0.2) is 18.3 Å². The van der Waals surface area contributed by atoms with Crippen molar-refractivity contribution < 1.29 is 0 Å². The first-order valence-corrected chi connectivity index (χ1v) is 6.12. The summed E-state index contributed by atoms with van der Waals surface area (Å²) in [4.78, 5) is 4.50. The molecule has 0 saturated heterocycles. The Morgan fingerprint density at radius 2 is 1.80 bits per heavy atom. The van der Waals surface area contributed by atoms with E-state index in [1.807, 2.05) is 6.20 Å². The molecule has 1 aromatic heterocycles. The van der Waals surface area contributed by atoms with E-state index in [2.05, 4.69) is 44.8 Å². The SMILES string of the molecule is CCC(CC)Cc1ccc(C(C)C)nc1. The van der Waals surface area contributed by atoms with Crippen LogP contribution in [0.25, 0.3) is 0 Å². The van der Waals surface area contributed by atoms with Crippen molar-refractivity contribution in [1.29, 1.82) is 0 Å². The molecule has 0 aliphatic heterocycles. The summed E-state index contributed by atoms with van der Waals surface area (Å²) in [5.74, 6) is 1.35. The van der Waals surface area contributed by atoms with Crippen LogP contribution in [0, 0.1) is 5.92 Å². The second-order valence-electron chi connectivity index (χ2n) is 4.63. The fraction of sp³-hybridized carbons (Fsp3) is 0.643. The zero-order valence-electron chi connectivity index (χ0n) is 10.5. The highest BCUT2D eigenvalue weighted by Gasteiger charge is 2.06. The average Bonchev–Trinajstić information content (AvgIpc) is 2.26. The minimum Gasteiger partial charge on any atom is -0.261 e. The maximum atomic E-state index is 4.50. The van der Waals surface area contributed by atoms with Crippen molar-refractivity contribution in [3.8, 4) is 0 Å². The number of pyridine rings is 1.